The largest absolute Gasteiger partial charge is 0.480 e. The normalized spacial score (nSPS) is 23.8. The van der Waals surface area contributed by atoms with Crippen molar-refractivity contribution >= 4 is 16.0 Å². The lowest BCUT2D eigenvalue weighted by Gasteiger charge is -2.36. The second-order valence-electron chi connectivity index (χ2n) is 8.08. The van der Waals surface area contributed by atoms with Gasteiger partial charge in [0.15, 0.2) is 0 Å². The molecule has 0 aromatic rings. The van der Waals surface area contributed by atoms with Gasteiger partial charge in [-0.2, -0.15) is 30.5 Å². The van der Waals surface area contributed by atoms with Crippen LogP contribution in [0.3, 0.4) is 0 Å². The molecule has 0 aliphatic carbocycles. The molecular weight excluding hydrogens is 437 g/mol. The molecule has 0 saturated carbocycles. The fourth-order valence-electron chi connectivity index (χ4n) is 4.09. The smallest absolute Gasteiger partial charge is 0.453 e. The van der Waals surface area contributed by atoms with Crippen molar-refractivity contribution in [2.45, 2.75) is 74.6 Å². The third-order valence-corrected chi connectivity index (χ3v) is 8.81. The van der Waals surface area contributed by atoms with E-state index in [1.54, 1.807) is 0 Å². The summed E-state index contributed by atoms with van der Waals surface area (Å²) in [5.41, 5.74) is 0. The predicted molar refractivity (Wildman–Crippen MR) is 98.9 cm³/mol. The van der Waals surface area contributed by atoms with Crippen LogP contribution in [0.15, 0.2) is 0 Å². The summed E-state index contributed by atoms with van der Waals surface area (Å²) in [4.78, 5) is 11.8. The van der Waals surface area contributed by atoms with Crippen LogP contribution in [0.5, 0.6) is 0 Å². The molecule has 2 aliphatic rings. The number of rotatable bonds is 9. The molecular formula is C18H29F5NO5S+. The average molecular weight is 466 g/mol. The van der Waals surface area contributed by atoms with E-state index in [1.807, 2.05) is 0 Å². The monoisotopic (exact) mass is 466 g/mol. The minimum absolute atomic E-state index is 0.0415. The Morgan fingerprint density at radius 2 is 1.67 bits per heavy atom. The van der Waals surface area contributed by atoms with Crippen molar-refractivity contribution in [1.29, 1.82) is 0 Å². The summed E-state index contributed by atoms with van der Waals surface area (Å²) in [5, 5.41) is 9.64. The highest BCUT2D eigenvalue weighted by Gasteiger charge is 2.59. The highest BCUT2D eigenvalue weighted by atomic mass is 32.2. The zero-order valence-electron chi connectivity index (χ0n) is 16.6. The van der Waals surface area contributed by atoms with Crippen LogP contribution in [-0.4, -0.2) is 66.9 Å². The van der Waals surface area contributed by atoms with E-state index < -0.39 is 39.3 Å². The minimum Gasteiger partial charge on any atom is -0.480 e. The second-order valence-corrected chi connectivity index (χ2v) is 10.4. The molecule has 0 radical (unpaired) electrons. The molecule has 12 heteroatoms. The van der Waals surface area contributed by atoms with E-state index in [0.717, 1.165) is 0 Å². The van der Waals surface area contributed by atoms with E-state index in [2.05, 4.69) is 0 Å². The zero-order chi connectivity index (χ0) is 22.6. The maximum Gasteiger partial charge on any atom is 0.453 e. The van der Waals surface area contributed by atoms with E-state index in [9.17, 15) is 40.3 Å². The summed E-state index contributed by atoms with van der Waals surface area (Å²) < 4.78 is 90.7. The molecule has 0 aromatic carbocycles. The molecule has 2 aliphatic heterocycles. The van der Waals surface area contributed by atoms with E-state index >= 15 is 0 Å². The van der Waals surface area contributed by atoms with Gasteiger partial charge in [-0.15, -0.1) is 0 Å². The number of unbranched alkanes of at least 4 members (excludes halogenated alkanes) is 2. The van der Waals surface area contributed by atoms with Crippen LogP contribution in [-0.2, 0) is 19.6 Å². The van der Waals surface area contributed by atoms with Crippen LogP contribution in [0, 0.1) is 5.92 Å². The Morgan fingerprint density at radius 1 is 1.10 bits per heavy atom. The number of carboxylic acids is 1. The summed E-state index contributed by atoms with van der Waals surface area (Å²) in [5.74, 6) is -5.81. The van der Waals surface area contributed by atoms with Crippen molar-refractivity contribution < 1.29 is 45.0 Å². The lowest BCUT2D eigenvalue weighted by molar-refractivity contribution is -0.284. The highest BCUT2D eigenvalue weighted by molar-refractivity contribution is 7.91. The first-order valence-electron chi connectivity index (χ1n) is 10.1. The standard InChI is InChI=1S/C18H28F5NO5S/c19-17(20,18(21,22)23)7-3-1-2-4-14-5-10-24(11-6-14)30(27,28)16(15(25)26)8-12-29-13-9-16/h14H,1-13H2,(H,25,26)/p+1. The fourth-order valence-corrected chi connectivity index (χ4v) is 6.21. The van der Waals surface area contributed by atoms with E-state index in [1.165, 1.54) is 4.31 Å². The maximum absolute atomic E-state index is 13.1. The second kappa shape index (κ2) is 9.64. The van der Waals surface area contributed by atoms with Gasteiger partial charge in [-0.25, -0.2) is 4.21 Å². The average Bonchev–Trinajstić information content (AvgIpc) is 2.67. The van der Waals surface area contributed by atoms with Crippen LogP contribution in [0.1, 0.15) is 57.8 Å². The van der Waals surface area contributed by atoms with E-state index in [4.69, 9.17) is 4.74 Å². The quantitative estimate of drug-likeness (QED) is 0.316. The van der Waals surface area contributed by atoms with Crippen molar-refractivity contribution in [1.82, 2.24) is 4.31 Å². The SMILES string of the molecule is O=C(O)C1(S(=O)(=[OH+])N2CCC(CCCCCC(F)(F)C(F)(F)F)CC2)CCOCC1. The van der Waals surface area contributed by atoms with Gasteiger partial charge >= 0.3 is 28.1 Å². The molecule has 30 heavy (non-hydrogen) atoms. The third-order valence-electron chi connectivity index (χ3n) is 6.14. The summed E-state index contributed by atoms with van der Waals surface area (Å²) in [6.45, 7) is 0.686. The number of hydrogen-bond donors (Lipinski definition) is 1. The minimum atomic E-state index is -5.52. The molecule has 2 fully saturated rings. The van der Waals surface area contributed by atoms with Crippen molar-refractivity contribution in [3.8, 4) is 0 Å². The molecule has 2 rings (SSSR count). The van der Waals surface area contributed by atoms with Gasteiger partial charge < -0.3 is 9.84 Å². The first-order chi connectivity index (χ1) is 13.8. The molecule has 2 heterocycles. The maximum atomic E-state index is 13.1. The number of aliphatic carboxylic acids is 1. The number of alkyl halides is 5. The van der Waals surface area contributed by atoms with E-state index in [-0.39, 0.29) is 57.9 Å². The summed E-state index contributed by atoms with van der Waals surface area (Å²) >= 11 is 0. The number of carboxylic acid groups (broad SMARTS) is 1. The predicted octanol–water partition coefficient (Wildman–Crippen LogP) is 3.97. The lowest BCUT2D eigenvalue weighted by atomic mass is 9.92. The Balaban J connectivity index is 1.79. The first kappa shape index (κ1) is 25.3. The van der Waals surface area contributed by atoms with Crippen molar-refractivity contribution in [3.63, 3.8) is 0 Å². The molecule has 2 N–H and O–H groups in total. The van der Waals surface area contributed by atoms with Gasteiger partial charge in [0.2, 0.25) is 4.75 Å². The summed E-state index contributed by atoms with van der Waals surface area (Å²) in [7, 11) is -3.81. The molecule has 2 saturated heterocycles. The Kier molecular flexibility index (Phi) is 8.11. The van der Waals surface area contributed by atoms with Gasteiger partial charge in [-0.1, -0.05) is 19.3 Å². The van der Waals surface area contributed by atoms with Gasteiger partial charge in [-0.3, -0.25) is 4.79 Å². The number of nitrogens with zero attached hydrogens (tertiary/aromatic N) is 1. The number of carbonyl (C=O) groups is 1. The van der Waals surface area contributed by atoms with Crippen molar-refractivity contribution in [2.75, 3.05) is 26.3 Å². The number of hydrogen-bond acceptors (Lipinski definition) is 3. The molecule has 1 atom stereocenters. The molecule has 176 valence electrons. The number of halogens is 5. The lowest BCUT2D eigenvalue weighted by Crippen LogP contribution is -2.57. The van der Waals surface area contributed by atoms with Gasteiger partial charge in [0, 0.05) is 45.6 Å². The number of ether oxygens (including phenoxy) is 1. The van der Waals surface area contributed by atoms with Gasteiger partial charge in [0.05, 0.1) is 0 Å². The van der Waals surface area contributed by atoms with Crippen molar-refractivity contribution in [2.24, 2.45) is 5.92 Å². The van der Waals surface area contributed by atoms with Crippen LogP contribution in [0.4, 0.5) is 22.0 Å². The van der Waals surface area contributed by atoms with Crippen molar-refractivity contribution in [3.05, 3.63) is 0 Å². The van der Waals surface area contributed by atoms with E-state index in [0.29, 0.717) is 25.7 Å². The fraction of sp³-hybridized carbons (Fsp3) is 0.944. The first-order valence-corrected chi connectivity index (χ1v) is 11.6. The zero-order valence-corrected chi connectivity index (χ0v) is 17.5. The van der Waals surface area contributed by atoms with Crippen LogP contribution in [0.25, 0.3) is 0 Å². The molecule has 0 bridgehead atoms. The van der Waals surface area contributed by atoms with Crippen LogP contribution < -0.4 is 0 Å². The molecule has 6 nitrogen and oxygen atoms in total. The molecule has 0 amide bonds. The Bertz CT molecular complexity index is 684. The third kappa shape index (κ3) is 5.42. The van der Waals surface area contributed by atoms with Crippen LogP contribution in [0.2, 0.25) is 0 Å². The number of piperidine rings is 1. The van der Waals surface area contributed by atoms with Gasteiger partial charge in [-0.05, 0) is 25.2 Å². The highest BCUT2D eigenvalue weighted by Crippen LogP contribution is 2.39. The van der Waals surface area contributed by atoms with Gasteiger partial charge in [0.25, 0.3) is 0 Å². The summed E-state index contributed by atoms with van der Waals surface area (Å²) in [6.07, 6.45) is -4.56. The molecule has 1 unspecified atom stereocenters. The Hall–Kier alpha value is -1.01. The van der Waals surface area contributed by atoms with Crippen LogP contribution >= 0.6 is 0 Å². The molecule has 0 spiro atoms. The molecule has 0 aromatic heterocycles. The Labute approximate surface area is 172 Å². The van der Waals surface area contributed by atoms with Gasteiger partial charge in [0.1, 0.15) is 0 Å². The summed E-state index contributed by atoms with van der Waals surface area (Å²) in [6, 6.07) is 0. The topological polar surface area (TPSA) is 88.2 Å². The Morgan fingerprint density at radius 3 is 2.17 bits per heavy atom.